The van der Waals surface area contributed by atoms with Crippen molar-refractivity contribution in [3.8, 4) is 11.5 Å². The minimum atomic E-state index is -0.149. The van der Waals surface area contributed by atoms with E-state index in [0.29, 0.717) is 12.3 Å². The van der Waals surface area contributed by atoms with E-state index in [0.717, 1.165) is 17.7 Å². The van der Waals surface area contributed by atoms with Crippen LogP contribution in [-0.4, -0.2) is 26.2 Å². The molecular formula is C15H17NO4. The summed E-state index contributed by atoms with van der Waals surface area (Å²) in [6.45, 7) is 0.558. The Morgan fingerprint density at radius 1 is 1.20 bits per heavy atom. The van der Waals surface area contributed by atoms with Crippen LogP contribution in [0.4, 0.5) is 0 Å². The monoisotopic (exact) mass is 275 g/mol. The molecule has 20 heavy (non-hydrogen) atoms. The number of hydrogen-bond acceptors (Lipinski definition) is 4. The third-order valence-corrected chi connectivity index (χ3v) is 2.75. The van der Waals surface area contributed by atoms with Gasteiger partial charge in [0.1, 0.15) is 11.5 Å². The van der Waals surface area contributed by atoms with Crippen molar-refractivity contribution in [2.45, 2.75) is 6.42 Å². The van der Waals surface area contributed by atoms with Gasteiger partial charge < -0.3 is 19.2 Å². The smallest absolute Gasteiger partial charge is 0.257 e. The summed E-state index contributed by atoms with van der Waals surface area (Å²) in [7, 11) is 1.60. The molecule has 0 unspecified atom stereocenters. The lowest BCUT2D eigenvalue weighted by Gasteiger charge is -2.07. The first-order valence-electron chi connectivity index (χ1n) is 6.32. The third kappa shape index (κ3) is 4.35. The van der Waals surface area contributed by atoms with E-state index in [2.05, 4.69) is 5.32 Å². The molecule has 0 spiro atoms. The lowest BCUT2D eigenvalue weighted by atomic mass is 10.2. The second-order valence-electron chi connectivity index (χ2n) is 4.20. The molecule has 0 saturated carbocycles. The molecule has 0 saturated heterocycles. The Labute approximate surface area is 117 Å². The van der Waals surface area contributed by atoms with Crippen LogP contribution in [0.1, 0.15) is 5.56 Å². The van der Waals surface area contributed by atoms with Crippen molar-refractivity contribution in [3.05, 3.63) is 48.4 Å². The van der Waals surface area contributed by atoms with E-state index in [4.69, 9.17) is 13.9 Å². The summed E-state index contributed by atoms with van der Waals surface area (Å²) in [6.07, 6.45) is 4.02. The number of furan rings is 1. The Balaban J connectivity index is 1.66. The van der Waals surface area contributed by atoms with Crippen LogP contribution in [-0.2, 0) is 11.2 Å². The van der Waals surface area contributed by atoms with Gasteiger partial charge >= 0.3 is 0 Å². The largest absolute Gasteiger partial charge is 0.497 e. The van der Waals surface area contributed by atoms with Gasteiger partial charge in [0.05, 0.1) is 19.6 Å². The van der Waals surface area contributed by atoms with Crippen molar-refractivity contribution < 1.29 is 18.7 Å². The number of carbonyl (C=O) groups is 1. The fourth-order valence-corrected chi connectivity index (χ4v) is 1.65. The third-order valence-electron chi connectivity index (χ3n) is 2.75. The average Bonchev–Trinajstić information content (AvgIpc) is 2.99. The molecule has 0 aliphatic carbocycles. The van der Waals surface area contributed by atoms with E-state index in [9.17, 15) is 4.79 Å². The molecule has 1 amide bonds. The quantitative estimate of drug-likeness (QED) is 0.840. The highest BCUT2D eigenvalue weighted by Gasteiger charge is 2.03. The lowest BCUT2D eigenvalue weighted by Crippen LogP contribution is -2.30. The minimum absolute atomic E-state index is 0.00227. The zero-order chi connectivity index (χ0) is 14.2. The van der Waals surface area contributed by atoms with Crippen molar-refractivity contribution >= 4 is 5.91 Å². The van der Waals surface area contributed by atoms with E-state index < -0.39 is 0 Å². The van der Waals surface area contributed by atoms with Gasteiger partial charge in [-0.3, -0.25) is 4.79 Å². The van der Waals surface area contributed by atoms with Crippen LogP contribution in [0.25, 0.3) is 0 Å². The standard InChI is InChI=1S/C15H17NO4/c1-18-13-2-4-14(5-3-13)20-11-15(17)16-8-6-12-7-9-19-10-12/h2-5,7,9-10H,6,8,11H2,1H3,(H,16,17). The zero-order valence-electron chi connectivity index (χ0n) is 11.3. The molecule has 0 aliphatic rings. The molecule has 1 heterocycles. The zero-order valence-corrected chi connectivity index (χ0v) is 11.3. The summed E-state index contributed by atoms with van der Waals surface area (Å²) in [5, 5.41) is 2.78. The summed E-state index contributed by atoms with van der Waals surface area (Å²) in [4.78, 5) is 11.6. The fourth-order valence-electron chi connectivity index (χ4n) is 1.65. The molecule has 1 aromatic carbocycles. The molecule has 0 bridgehead atoms. The van der Waals surface area contributed by atoms with Gasteiger partial charge in [-0.1, -0.05) is 0 Å². The molecule has 0 atom stereocenters. The van der Waals surface area contributed by atoms with Gasteiger partial charge in [-0.15, -0.1) is 0 Å². The molecule has 1 aromatic heterocycles. The topological polar surface area (TPSA) is 60.7 Å². The van der Waals surface area contributed by atoms with Crippen LogP contribution in [0.3, 0.4) is 0 Å². The Morgan fingerprint density at radius 2 is 1.95 bits per heavy atom. The molecule has 5 heteroatoms. The van der Waals surface area contributed by atoms with Crippen LogP contribution < -0.4 is 14.8 Å². The lowest BCUT2D eigenvalue weighted by molar-refractivity contribution is -0.123. The maximum atomic E-state index is 11.6. The van der Waals surface area contributed by atoms with E-state index >= 15 is 0 Å². The minimum Gasteiger partial charge on any atom is -0.497 e. The van der Waals surface area contributed by atoms with Crippen LogP contribution in [0.5, 0.6) is 11.5 Å². The van der Waals surface area contributed by atoms with Gasteiger partial charge in [0.2, 0.25) is 0 Å². The first-order chi connectivity index (χ1) is 9.78. The Kier molecular flexibility index (Phi) is 5.06. The van der Waals surface area contributed by atoms with Gasteiger partial charge in [0, 0.05) is 6.54 Å². The molecule has 0 fully saturated rings. The first kappa shape index (κ1) is 14.0. The Hall–Kier alpha value is -2.43. The van der Waals surface area contributed by atoms with Crippen molar-refractivity contribution in [2.75, 3.05) is 20.3 Å². The fraction of sp³-hybridized carbons (Fsp3) is 0.267. The van der Waals surface area contributed by atoms with Gasteiger partial charge in [-0.25, -0.2) is 0 Å². The highest BCUT2D eigenvalue weighted by atomic mass is 16.5. The van der Waals surface area contributed by atoms with E-state index in [1.54, 1.807) is 43.9 Å². The molecular weight excluding hydrogens is 258 g/mol. The highest BCUT2D eigenvalue weighted by molar-refractivity contribution is 5.77. The number of methoxy groups -OCH3 is 1. The summed E-state index contributed by atoms with van der Waals surface area (Å²) < 4.78 is 15.4. The molecule has 2 aromatic rings. The van der Waals surface area contributed by atoms with Crippen molar-refractivity contribution in [2.24, 2.45) is 0 Å². The maximum Gasteiger partial charge on any atom is 0.257 e. The summed E-state index contributed by atoms with van der Waals surface area (Å²) in [5.41, 5.74) is 1.06. The second-order valence-corrected chi connectivity index (χ2v) is 4.20. The second kappa shape index (κ2) is 7.23. The number of benzene rings is 1. The molecule has 5 nitrogen and oxygen atoms in total. The number of carbonyl (C=O) groups excluding carboxylic acids is 1. The van der Waals surface area contributed by atoms with Gasteiger partial charge in [0.25, 0.3) is 5.91 Å². The molecule has 1 N–H and O–H groups in total. The predicted octanol–water partition coefficient (Wildman–Crippen LogP) is 2.03. The normalized spacial score (nSPS) is 10.1. The van der Waals surface area contributed by atoms with Crippen LogP contribution in [0.2, 0.25) is 0 Å². The highest BCUT2D eigenvalue weighted by Crippen LogP contribution is 2.16. The van der Waals surface area contributed by atoms with Crippen LogP contribution in [0, 0.1) is 0 Å². The number of amides is 1. The summed E-state index contributed by atoms with van der Waals surface area (Å²) in [5.74, 6) is 1.24. The van der Waals surface area contributed by atoms with E-state index in [1.807, 2.05) is 6.07 Å². The number of nitrogens with one attached hydrogen (secondary N) is 1. The SMILES string of the molecule is COc1ccc(OCC(=O)NCCc2ccoc2)cc1. The Morgan fingerprint density at radius 3 is 2.60 bits per heavy atom. The van der Waals surface area contributed by atoms with Crippen LogP contribution >= 0.6 is 0 Å². The number of ether oxygens (including phenoxy) is 2. The Bertz CT molecular complexity index is 519. The van der Waals surface area contributed by atoms with Gasteiger partial charge in [-0.05, 0) is 42.3 Å². The van der Waals surface area contributed by atoms with E-state index in [1.165, 1.54) is 0 Å². The maximum absolute atomic E-state index is 11.6. The van der Waals surface area contributed by atoms with Crippen molar-refractivity contribution in [1.29, 1.82) is 0 Å². The predicted molar refractivity (Wildman–Crippen MR) is 73.9 cm³/mol. The first-order valence-corrected chi connectivity index (χ1v) is 6.32. The van der Waals surface area contributed by atoms with Gasteiger partial charge in [-0.2, -0.15) is 0 Å². The summed E-state index contributed by atoms with van der Waals surface area (Å²) >= 11 is 0. The number of hydrogen-bond donors (Lipinski definition) is 1. The molecule has 0 radical (unpaired) electrons. The summed E-state index contributed by atoms with van der Waals surface area (Å²) in [6, 6.07) is 8.97. The number of rotatable bonds is 7. The molecule has 106 valence electrons. The molecule has 0 aliphatic heterocycles. The van der Waals surface area contributed by atoms with Gasteiger partial charge in [0.15, 0.2) is 6.61 Å². The van der Waals surface area contributed by atoms with Crippen LogP contribution in [0.15, 0.2) is 47.3 Å². The molecule has 2 rings (SSSR count). The van der Waals surface area contributed by atoms with Crippen molar-refractivity contribution in [3.63, 3.8) is 0 Å². The van der Waals surface area contributed by atoms with Crippen molar-refractivity contribution in [1.82, 2.24) is 5.32 Å². The van der Waals surface area contributed by atoms with E-state index in [-0.39, 0.29) is 12.5 Å². The average molecular weight is 275 g/mol.